The molecule has 2 rings (SSSR count). The van der Waals surface area contributed by atoms with Crippen LogP contribution < -0.4 is 10.5 Å². The number of rotatable bonds is 13. The van der Waals surface area contributed by atoms with E-state index in [4.69, 9.17) is 15.9 Å². The molecule has 0 aliphatic heterocycles. The van der Waals surface area contributed by atoms with Crippen molar-refractivity contribution in [2.45, 2.75) is 51.4 Å². The van der Waals surface area contributed by atoms with Crippen molar-refractivity contribution < 1.29 is 4.74 Å². The van der Waals surface area contributed by atoms with Crippen LogP contribution in [0.25, 0.3) is 5.70 Å². The van der Waals surface area contributed by atoms with Crippen molar-refractivity contribution in [3.05, 3.63) is 71.8 Å². The van der Waals surface area contributed by atoms with Crippen LogP contribution >= 0.6 is 0 Å². The van der Waals surface area contributed by atoms with Crippen LogP contribution in [0, 0.1) is 5.41 Å². The quantitative estimate of drug-likeness (QED) is 0.340. The summed E-state index contributed by atoms with van der Waals surface area (Å²) in [6.07, 6.45) is 11.3. The standard InChI is InChI=1S/C24H32N2O/c1-20(26)23-14-16-24(17-15-23)27-18-8-6-4-2-3-5-7-9-21-10-12-22(19-25)13-11-21/h10-17,19,25H,1-9,18,26H2. The molecule has 0 bridgehead atoms. The summed E-state index contributed by atoms with van der Waals surface area (Å²) in [4.78, 5) is 0. The summed E-state index contributed by atoms with van der Waals surface area (Å²) in [7, 11) is 0. The lowest BCUT2D eigenvalue weighted by molar-refractivity contribution is 0.304. The first-order valence-electron chi connectivity index (χ1n) is 9.96. The van der Waals surface area contributed by atoms with Crippen molar-refractivity contribution in [3.63, 3.8) is 0 Å². The molecule has 27 heavy (non-hydrogen) atoms. The highest BCUT2D eigenvalue weighted by Crippen LogP contribution is 2.16. The molecule has 0 aliphatic rings. The van der Waals surface area contributed by atoms with E-state index in [0.29, 0.717) is 5.70 Å². The average Bonchev–Trinajstić information content (AvgIpc) is 2.70. The van der Waals surface area contributed by atoms with Gasteiger partial charge in [-0.3, -0.25) is 0 Å². The lowest BCUT2D eigenvalue weighted by atomic mass is 10.0. The van der Waals surface area contributed by atoms with Gasteiger partial charge in [0.1, 0.15) is 5.75 Å². The molecule has 0 heterocycles. The maximum atomic E-state index is 7.21. The van der Waals surface area contributed by atoms with E-state index in [0.717, 1.165) is 36.3 Å². The molecule has 2 aromatic carbocycles. The number of benzene rings is 2. The number of ether oxygens (including phenoxy) is 1. The summed E-state index contributed by atoms with van der Waals surface area (Å²) in [6, 6.07) is 16.1. The molecular formula is C24H32N2O. The predicted octanol–water partition coefficient (Wildman–Crippen LogP) is 5.97. The van der Waals surface area contributed by atoms with Crippen LogP contribution in [-0.4, -0.2) is 12.8 Å². The van der Waals surface area contributed by atoms with Gasteiger partial charge in [-0.15, -0.1) is 0 Å². The Morgan fingerprint density at radius 2 is 1.44 bits per heavy atom. The first-order valence-corrected chi connectivity index (χ1v) is 9.96. The molecule has 0 saturated carbocycles. The predicted molar refractivity (Wildman–Crippen MR) is 116 cm³/mol. The topological polar surface area (TPSA) is 59.1 Å². The molecule has 144 valence electrons. The number of unbranched alkanes of at least 4 members (excludes halogenated alkanes) is 6. The van der Waals surface area contributed by atoms with Crippen LogP contribution in [0.1, 0.15) is 61.6 Å². The zero-order valence-electron chi connectivity index (χ0n) is 16.3. The van der Waals surface area contributed by atoms with E-state index in [1.54, 1.807) is 0 Å². The molecule has 3 nitrogen and oxygen atoms in total. The van der Waals surface area contributed by atoms with Crippen molar-refractivity contribution in [3.8, 4) is 5.75 Å². The Balaban J connectivity index is 1.44. The van der Waals surface area contributed by atoms with Crippen molar-refractivity contribution >= 4 is 11.9 Å². The molecule has 0 atom stereocenters. The molecule has 3 heteroatoms. The van der Waals surface area contributed by atoms with Gasteiger partial charge in [0.2, 0.25) is 0 Å². The SMILES string of the molecule is C=C(N)c1ccc(OCCCCCCCCCc2ccc(C=N)cc2)cc1. The molecule has 0 spiro atoms. The van der Waals surface area contributed by atoms with Gasteiger partial charge in [0.05, 0.1) is 6.61 Å². The first-order chi connectivity index (χ1) is 13.2. The molecule has 0 aromatic heterocycles. The van der Waals surface area contributed by atoms with E-state index in [1.807, 2.05) is 36.4 Å². The van der Waals surface area contributed by atoms with E-state index in [-0.39, 0.29) is 0 Å². The minimum Gasteiger partial charge on any atom is -0.494 e. The van der Waals surface area contributed by atoms with Gasteiger partial charge >= 0.3 is 0 Å². The van der Waals surface area contributed by atoms with Gasteiger partial charge in [-0.2, -0.15) is 0 Å². The van der Waals surface area contributed by atoms with Gasteiger partial charge in [-0.1, -0.05) is 62.9 Å². The second-order valence-electron chi connectivity index (χ2n) is 7.01. The largest absolute Gasteiger partial charge is 0.494 e. The fourth-order valence-electron chi connectivity index (χ4n) is 3.05. The molecule has 0 saturated heterocycles. The highest BCUT2D eigenvalue weighted by Gasteiger charge is 1.98. The first kappa shape index (κ1) is 20.8. The van der Waals surface area contributed by atoms with Crippen LogP contribution in [0.15, 0.2) is 55.1 Å². The van der Waals surface area contributed by atoms with Crippen LogP contribution in [0.2, 0.25) is 0 Å². The summed E-state index contributed by atoms with van der Waals surface area (Å²) >= 11 is 0. The molecule has 0 fully saturated rings. The van der Waals surface area contributed by atoms with Crippen LogP contribution in [0.3, 0.4) is 0 Å². The van der Waals surface area contributed by atoms with E-state index in [1.165, 1.54) is 50.3 Å². The molecular weight excluding hydrogens is 332 g/mol. The number of aryl methyl sites for hydroxylation is 1. The second kappa shape index (κ2) is 11.9. The van der Waals surface area contributed by atoms with Gasteiger partial charge in [-0.05, 0) is 60.2 Å². The molecule has 2 aromatic rings. The van der Waals surface area contributed by atoms with Crippen molar-refractivity contribution in [2.75, 3.05) is 6.61 Å². The minimum atomic E-state index is 0.585. The van der Waals surface area contributed by atoms with E-state index >= 15 is 0 Å². The molecule has 3 N–H and O–H groups in total. The Morgan fingerprint density at radius 1 is 0.852 bits per heavy atom. The highest BCUT2D eigenvalue weighted by atomic mass is 16.5. The Kier molecular flexibility index (Phi) is 9.19. The Hall–Kier alpha value is -2.55. The van der Waals surface area contributed by atoms with E-state index in [2.05, 4.69) is 18.7 Å². The number of hydrogen-bond donors (Lipinski definition) is 2. The van der Waals surface area contributed by atoms with Gasteiger partial charge in [0.25, 0.3) is 0 Å². The Bertz CT molecular complexity index is 689. The number of nitrogens with two attached hydrogens (primary N) is 1. The van der Waals surface area contributed by atoms with Gasteiger partial charge in [0.15, 0.2) is 0 Å². The van der Waals surface area contributed by atoms with Crippen molar-refractivity contribution in [1.82, 2.24) is 0 Å². The summed E-state index contributed by atoms with van der Waals surface area (Å²) in [5.41, 5.74) is 9.54. The lowest BCUT2D eigenvalue weighted by Gasteiger charge is -2.07. The van der Waals surface area contributed by atoms with Crippen molar-refractivity contribution in [2.24, 2.45) is 5.73 Å². The smallest absolute Gasteiger partial charge is 0.119 e. The lowest BCUT2D eigenvalue weighted by Crippen LogP contribution is -1.98. The fraction of sp³-hybridized carbons (Fsp3) is 0.375. The molecule has 0 radical (unpaired) electrons. The van der Waals surface area contributed by atoms with Crippen LogP contribution in [-0.2, 0) is 6.42 Å². The third-order valence-electron chi connectivity index (χ3n) is 4.75. The van der Waals surface area contributed by atoms with Gasteiger partial charge in [-0.25, -0.2) is 0 Å². The third kappa shape index (κ3) is 8.12. The Morgan fingerprint density at radius 3 is 2.04 bits per heavy atom. The zero-order valence-corrected chi connectivity index (χ0v) is 16.3. The molecule has 0 aliphatic carbocycles. The summed E-state index contributed by atoms with van der Waals surface area (Å²) in [5, 5.41) is 7.21. The van der Waals surface area contributed by atoms with E-state index < -0.39 is 0 Å². The van der Waals surface area contributed by atoms with Gasteiger partial charge < -0.3 is 15.9 Å². The monoisotopic (exact) mass is 364 g/mol. The van der Waals surface area contributed by atoms with Crippen LogP contribution in [0.5, 0.6) is 5.75 Å². The zero-order chi connectivity index (χ0) is 19.3. The maximum Gasteiger partial charge on any atom is 0.119 e. The normalized spacial score (nSPS) is 10.5. The maximum absolute atomic E-state index is 7.21. The molecule has 0 unspecified atom stereocenters. The van der Waals surface area contributed by atoms with Gasteiger partial charge in [0, 0.05) is 11.9 Å². The van der Waals surface area contributed by atoms with Crippen LogP contribution in [0.4, 0.5) is 0 Å². The minimum absolute atomic E-state index is 0.585. The van der Waals surface area contributed by atoms with E-state index in [9.17, 15) is 0 Å². The second-order valence-corrected chi connectivity index (χ2v) is 7.01. The number of hydrogen-bond acceptors (Lipinski definition) is 3. The summed E-state index contributed by atoms with van der Waals surface area (Å²) in [5.74, 6) is 0.897. The summed E-state index contributed by atoms with van der Waals surface area (Å²) < 4.78 is 5.77. The number of nitrogens with one attached hydrogen (secondary N) is 1. The molecule has 0 amide bonds. The van der Waals surface area contributed by atoms with Crippen molar-refractivity contribution in [1.29, 1.82) is 5.41 Å². The Labute approximate surface area is 163 Å². The fourth-order valence-corrected chi connectivity index (χ4v) is 3.05. The average molecular weight is 365 g/mol. The summed E-state index contributed by atoms with van der Waals surface area (Å²) in [6.45, 7) is 4.50. The third-order valence-corrected chi connectivity index (χ3v) is 4.75. The highest BCUT2D eigenvalue weighted by molar-refractivity contribution is 5.76.